The van der Waals surface area contributed by atoms with Gasteiger partial charge in [0.25, 0.3) is 5.91 Å². The maximum absolute atomic E-state index is 12.0. The van der Waals surface area contributed by atoms with Crippen LogP contribution in [0.5, 0.6) is 5.75 Å². The van der Waals surface area contributed by atoms with Gasteiger partial charge in [-0.3, -0.25) is 4.79 Å². The Labute approximate surface area is 160 Å². The second-order valence-corrected chi connectivity index (χ2v) is 6.31. The lowest BCUT2D eigenvalue weighted by Gasteiger charge is -2.19. The molecular formula is C21H18NO6-. The van der Waals surface area contributed by atoms with E-state index in [-0.39, 0.29) is 0 Å². The highest BCUT2D eigenvalue weighted by Gasteiger charge is 2.18. The van der Waals surface area contributed by atoms with Crippen LogP contribution >= 0.6 is 0 Å². The second-order valence-electron chi connectivity index (χ2n) is 6.31. The molecule has 1 N–H and O–H groups in total. The van der Waals surface area contributed by atoms with Gasteiger partial charge in [-0.2, -0.15) is 0 Å². The van der Waals surface area contributed by atoms with E-state index in [2.05, 4.69) is 5.32 Å². The minimum atomic E-state index is -1.39. The van der Waals surface area contributed by atoms with Gasteiger partial charge in [-0.25, -0.2) is 4.79 Å². The molecule has 0 aliphatic rings. The number of aliphatic carboxylic acids is 1. The van der Waals surface area contributed by atoms with Crippen LogP contribution in [0.1, 0.15) is 13.8 Å². The largest absolute Gasteiger partial charge is 0.548 e. The molecule has 3 rings (SSSR count). The Hall–Kier alpha value is -3.61. The van der Waals surface area contributed by atoms with Gasteiger partial charge >= 0.3 is 5.63 Å². The number of benzene rings is 2. The third kappa shape index (κ3) is 4.20. The molecule has 0 fully saturated rings. The highest BCUT2D eigenvalue weighted by atomic mass is 16.5. The number of amides is 1. The Morgan fingerprint density at radius 3 is 2.46 bits per heavy atom. The minimum absolute atomic E-state index is 0.310. The molecular weight excluding hydrogens is 362 g/mol. The van der Waals surface area contributed by atoms with Crippen molar-refractivity contribution in [2.75, 3.05) is 0 Å². The van der Waals surface area contributed by atoms with Crippen LogP contribution in [0.4, 0.5) is 0 Å². The molecule has 0 aliphatic heterocycles. The van der Waals surface area contributed by atoms with Crippen molar-refractivity contribution in [2.24, 2.45) is 0 Å². The molecule has 1 aromatic heterocycles. The predicted molar refractivity (Wildman–Crippen MR) is 101 cm³/mol. The third-order valence-electron chi connectivity index (χ3n) is 4.20. The van der Waals surface area contributed by atoms with E-state index in [0.29, 0.717) is 11.3 Å². The second kappa shape index (κ2) is 7.96. The molecule has 1 heterocycles. The smallest absolute Gasteiger partial charge is 0.336 e. The van der Waals surface area contributed by atoms with E-state index in [1.54, 1.807) is 12.1 Å². The quantitative estimate of drug-likeness (QED) is 0.649. The highest BCUT2D eigenvalue weighted by Crippen LogP contribution is 2.29. The lowest BCUT2D eigenvalue weighted by Crippen LogP contribution is -2.49. The van der Waals surface area contributed by atoms with Gasteiger partial charge in [0.15, 0.2) is 6.10 Å². The maximum atomic E-state index is 12.0. The fourth-order valence-electron chi connectivity index (χ4n) is 2.72. The van der Waals surface area contributed by atoms with Crippen LogP contribution in [0.3, 0.4) is 0 Å². The van der Waals surface area contributed by atoms with E-state index in [1.807, 2.05) is 30.3 Å². The Morgan fingerprint density at radius 2 is 1.79 bits per heavy atom. The summed E-state index contributed by atoms with van der Waals surface area (Å²) in [7, 11) is 0. The number of hydrogen-bond acceptors (Lipinski definition) is 6. The van der Waals surface area contributed by atoms with Crippen molar-refractivity contribution >= 4 is 22.8 Å². The van der Waals surface area contributed by atoms with Crippen LogP contribution < -0.4 is 20.8 Å². The van der Waals surface area contributed by atoms with E-state index in [4.69, 9.17) is 9.15 Å². The summed E-state index contributed by atoms with van der Waals surface area (Å²) in [6.45, 7) is 2.79. The Kier molecular flexibility index (Phi) is 5.44. The molecule has 2 aromatic carbocycles. The summed E-state index contributed by atoms with van der Waals surface area (Å²) in [5, 5.41) is 13.7. The first-order valence-electron chi connectivity index (χ1n) is 8.66. The number of carbonyl (C=O) groups is 2. The summed E-state index contributed by atoms with van der Waals surface area (Å²) < 4.78 is 10.8. The molecule has 28 heavy (non-hydrogen) atoms. The number of ether oxygens (including phenoxy) is 1. The van der Waals surface area contributed by atoms with E-state index in [9.17, 15) is 19.5 Å². The number of carboxylic acid groups (broad SMARTS) is 1. The highest BCUT2D eigenvalue weighted by molar-refractivity contribution is 5.93. The molecule has 0 saturated heterocycles. The molecule has 7 nitrogen and oxygen atoms in total. The Bertz CT molecular complexity index is 1070. The summed E-state index contributed by atoms with van der Waals surface area (Å²) in [6, 6.07) is 14.6. The number of hydrogen-bond donors (Lipinski definition) is 1. The van der Waals surface area contributed by atoms with Crippen LogP contribution in [0.15, 0.2) is 63.8 Å². The SMILES string of the molecule is C[C@H](NC(=O)[C@@H](C)Oc1ccc2c(-c3ccccc3)cc(=O)oc2c1)C(=O)[O-]. The van der Waals surface area contributed by atoms with Crippen molar-refractivity contribution < 1.29 is 23.8 Å². The number of carbonyl (C=O) groups excluding carboxylic acids is 2. The van der Waals surface area contributed by atoms with Crippen LogP contribution in [0.2, 0.25) is 0 Å². The zero-order valence-electron chi connectivity index (χ0n) is 15.3. The fraction of sp³-hybridized carbons (Fsp3) is 0.190. The first kappa shape index (κ1) is 19.2. The van der Waals surface area contributed by atoms with E-state index in [0.717, 1.165) is 16.5 Å². The number of rotatable bonds is 6. The molecule has 2 atom stereocenters. The molecule has 0 unspecified atom stereocenters. The van der Waals surface area contributed by atoms with Gasteiger partial charge in [0.2, 0.25) is 0 Å². The van der Waals surface area contributed by atoms with E-state index in [1.165, 1.54) is 26.0 Å². The van der Waals surface area contributed by atoms with Crippen LogP contribution in [-0.4, -0.2) is 24.0 Å². The van der Waals surface area contributed by atoms with Gasteiger partial charge in [0.05, 0.1) is 12.0 Å². The molecule has 3 aromatic rings. The van der Waals surface area contributed by atoms with Gasteiger partial charge < -0.3 is 24.4 Å². The van der Waals surface area contributed by atoms with Crippen molar-refractivity contribution in [1.29, 1.82) is 0 Å². The Morgan fingerprint density at radius 1 is 1.07 bits per heavy atom. The van der Waals surface area contributed by atoms with E-state index < -0.39 is 29.6 Å². The normalized spacial score (nSPS) is 12.9. The van der Waals surface area contributed by atoms with Crippen LogP contribution in [0, 0.1) is 0 Å². The Balaban J connectivity index is 1.88. The van der Waals surface area contributed by atoms with E-state index >= 15 is 0 Å². The fourth-order valence-corrected chi connectivity index (χ4v) is 2.72. The number of carboxylic acids is 1. The lowest BCUT2D eigenvalue weighted by molar-refractivity contribution is -0.307. The van der Waals surface area contributed by atoms with Crippen molar-refractivity contribution in [3.05, 3.63) is 65.0 Å². The standard InChI is InChI=1S/C21H19NO6/c1-12(21(25)26)22-20(24)13(2)27-15-8-9-16-17(14-6-4-3-5-7-14)11-19(23)28-18(16)10-15/h3-13H,1-2H3,(H,22,24)(H,25,26)/p-1/t12-,13+/m0/s1. The van der Waals surface area contributed by atoms with Gasteiger partial charge in [0, 0.05) is 17.5 Å². The van der Waals surface area contributed by atoms with Crippen molar-refractivity contribution in [2.45, 2.75) is 26.0 Å². The molecule has 144 valence electrons. The summed E-state index contributed by atoms with van der Waals surface area (Å²) in [4.78, 5) is 34.7. The topological polar surface area (TPSA) is 109 Å². The van der Waals surface area contributed by atoms with Gasteiger partial charge in [-0.1, -0.05) is 30.3 Å². The number of fused-ring (bicyclic) bond motifs is 1. The van der Waals surface area contributed by atoms with Crippen molar-refractivity contribution in [3.8, 4) is 16.9 Å². The molecule has 0 bridgehead atoms. The molecule has 1 amide bonds. The van der Waals surface area contributed by atoms with Gasteiger partial charge in [-0.05, 0) is 37.1 Å². The predicted octanol–water partition coefficient (Wildman–Crippen LogP) is 1.48. The molecule has 0 aliphatic carbocycles. The molecule has 0 saturated carbocycles. The first-order chi connectivity index (χ1) is 13.3. The monoisotopic (exact) mass is 380 g/mol. The first-order valence-corrected chi connectivity index (χ1v) is 8.66. The summed E-state index contributed by atoms with van der Waals surface area (Å²) in [5.41, 5.74) is 1.42. The minimum Gasteiger partial charge on any atom is -0.548 e. The molecule has 0 spiro atoms. The molecule has 7 heteroatoms. The lowest BCUT2D eigenvalue weighted by atomic mass is 10.0. The van der Waals surface area contributed by atoms with Crippen LogP contribution in [-0.2, 0) is 9.59 Å². The average molecular weight is 380 g/mol. The number of nitrogens with one attached hydrogen (secondary N) is 1. The average Bonchev–Trinajstić information content (AvgIpc) is 2.67. The summed E-state index contributed by atoms with van der Waals surface area (Å²) >= 11 is 0. The van der Waals surface area contributed by atoms with Gasteiger partial charge in [0.1, 0.15) is 11.3 Å². The van der Waals surface area contributed by atoms with Crippen LogP contribution in [0.25, 0.3) is 22.1 Å². The summed E-state index contributed by atoms with van der Waals surface area (Å²) in [6.07, 6.45) is -0.955. The summed E-state index contributed by atoms with van der Waals surface area (Å²) in [5.74, 6) is -1.68. The third-order valence-corrected chi connectivity index (χ3v) is 4.20. The molecule has 0 radical (unpaired) electrons. The zero-order valence-corrected chi connectivity index (χ0v) is 15.3. The van der Waals surface area contributed by atoms with Gasteiger partial charge in [-0.15, -0.1) is 0 Å². The zero-order chi connectivity index (χ0) is 20.3. The van der Waals surface area contributed by atoms with Crippen molar-refractivity contribution in [3.63, 3.8) is 0 Å². The maximum Gasteiger partial charge on any atom is 0.336 e. The van der Waals surface area contributed by atoms with Crippen molar-refractivity contribution in [1.82, 2.24) is 5.32 Å².